The van der Waals surface area contributed by atoms with E-state index < -0.39 is 5.60 Å². The Balaban J connectivity index is 1.66. The van der Waals surface area contributed by atoms with Gasteiger partial charge in [-0.2, -0.15) is 0 Å². The number of amides is 1. The highest BCUT2D eigenvalue weighted by molar-refractivity contribution is 14.1. The lowest BCUT2D eigenvalue weighted by molar-refractivity contribution is 0.0479. The molecule has 0 fully saturated rings. The van der Waals surface area contributed by atoms with Crippen LogP contribution in [0.2, 0.25) is 0 Å². The van der Waals surface area contributed by atoms with Gasteiger partial charge in [-0.05, 0) is 45.9 Å². The third-order valence-corrected chi connectivity index (χ3v) is 4.79. The van der Waals surface area contributed by atoms with E-state index in [0.29, 0.717) is 18.4 Å². The zero-order valence-electron chi connectivity index (χ0n) is 11.5. The highest BCUT2D eigenvalue weighted by Gasteiger charge is 2.35. The monoisotopic (exact) mass is 393 g/mol. The molecule has 0 saturated heterocycles. The molecule has 1 amide bonds. The first-order chi connectivity index (χ1) is 10.1. The lowest BCUT2D eigenvalue weighted by Crippen LogP contribution is -2.43. The Morgan fingerprint density at radius 1 is 1.10 bits per heavy atom. The van der Waals surface area contributed by atoms with Crippen LogP contribution in [0.1, 0.15) is 21.5 Å². The highest BCUT2D eigenvalue weighted by Crippen LogP contribution is 2.29. The number of benzene rings is 2. The number of hydrogen-bond donors (Lipinski definition) is 2. The van der Waals surface area contributed by atoms with Crippen LogP contribution >= 0.6 is 22.6 Å². The SMILES string of the molecule is O=C(NCC1(O)Cc2ccccc2C1)c1ccccc1I. The van der Waals surface area contributed by atoms with Crippen molar-refractivity contribution in [1.29, 1.82) is 0 Å². The summed E-state index contributed by atoms with van der Waals surface area (Å²) in [7, 11) is 0. The molecule has 0 saturated carbocycles. The molecule has 108 valence electrons. The molecule has 0 unspecified atom stereocenters. The van der Waals surface area contributed by atoms with E-state index in [2.05, 4.69) is 27.9 Å². The van der Waals surface area contributed by atoms with E-state index in [4.69, 9.17) is 0 Å². The van der Waals surface area contributed by atoms with Gasteiger partial charge in [0.2, 0.25) is 0 Å². The second-order valence-electron chi connectivity index (χ2n) is 5.51. The normalized spacial score (nSPS) is 15.5. The van der Waals surface area contributed by atoms with Crippen molar-refractivity contribution in [1.82, 2.24) is 5.32 Å². The summed E-state index contributed by atoms with van der Waals surface area (Å²) in [6.07, 6.45) is 1.19. The molecular formula is C17H16INO2. The molecule has 2 N–H and O–H groups in total. The van der Waals surface area contributed by atoms with Crippen molar-refractivity contribution >= 4 is 28.5 Å². The topological polar surface area (TPSA) is 49.3 Å². The number of rotatable bonds is 3. The Morgan fingerprint density at radius 3 is 2.29 bits per heavy atom. The third-order valence-electron chi connectivity index (χ3n) is 3.85. The molecule has 3 rings (SSSR count). The van der Waals surface area contributed by atoms with Gasteiger partial charge in [0.05, 0.1) is 11.2 Å². The van der Waals surface area contributed by atoms with Crippen molar-refractivity contribution in [2.24, 2.45) is 0 Å². The van der Waals surface area contributed by atoms with Crippen LogP contribution in [-0.4, -0.2) is 23.2 Å². The second kappa shape index (κ2) is 5.77. The molecule has 0 spiro atoms. The van der Waals surface area contributed by atoms with Gasteiger partial charge in [0.1, 0.15) is 0 Å². The summed E-state index contributed by atoms with van der Waals surface area (Å²) in [4.78, 5) is 12.2. The van der Waals surface area contributed by atoms with Gasteiger partial charge < -0.3 is 10.4 Å². The van der Waals surface area contributed by atoms with Crippen molar-refractivity contribution in [3.8, 4) is 0 Å². The van der Waals surface area contributed by atoms with E-state index in [1.165, 1.54) is 11.1 Å². The summed E-state index contributed by atoms with van der Waals surface area (Å²) in [5.41, 5.74) is 2.11. The Bertz CT molecular complexity index is 659. The molecule has 0 atom stereocenters. The van der Waals surface area contributed by atoms with E-state index in [0.717, 1.165) is 3.57 Å². The smallest absolute Gasteiger partial charge is 0.252 e. The summed E-state index contributed by atoms with van der Waals surface area (Å²) >= 11 is 2.14. The maximum atomic E-state index is 12.2. The van der Waals surface area contributed by atoms with Gasteiger partial charge >= 0.3 is 0 Å². The number of carbonyl (C=O) groups excluding carboxylic acids is 1. The average molecular weight is 393 g/mol. The maximum absolute atomic E-state index is 12.2. The number of nitrogens with one attached hydrogen (secondary N) is 1. The zero-order chi connectivity index (χ0) is 14.9. The number of hydrogen-bond acceptors (Lipinski definition) is 2. The predicted molar refractivity (Wildman–Crippen MR) is 90.3 cm³/mol. The molecular weight excluding hydrogens is 377 g/mol. The number of carbonyl (C=O) groups is 1. The molecule has 0 bridgehead atoms. The van der Waals surface area contributed by atoms with E-state index >= 15 is 0 Å². The van der Waals surface area contributed by atoms with Crippen LogP contribution in [0.5, 0.6) is 0 Å². The predicted octanol–water partition coefficient (Wildman–Crippen LogP) is 2.55. The van der Waals surface area contributed by atoms with Crippen LogP contribution in [0.4, 0.5) is 0 Å². The molecule has 1 aliphatic rings. The van der Waals surface area contributed by atoms with Crippen LogP contribution in [0.15, 0.2) is 48.5 Å². The molecule has 2 aromatic rings. The van der Waals surface area contributed by atoms with E-state index in [1.807, 2.05) is 42.5 Å². The Kier molecular flexibility index (Phi) is 3.99. The quantitative estimate of drug-likeness (QED) is 0.788. The fraction of sp³-hybridized carbons (Fsp3) is 0.235. The lowest BCUT2D eigenvalue weighted by atomic mass is 10.0. The van der Waals surface area contributed by atoms with Crippen molar-refractivity contribution < 1.29 is 9.90 Å². The summed E-state index contributed by atoms with van der Waals surface area (Å²) in [5.74, 6) is -0.135. The lowest BCUT2D eigenvalue weighted by Gasteiger charge is -2.22. The van der Waals surface area contributed by atoms with Crippen LogP contribution < -0.4 is 5.32 Å². The average Bonchev–Trinajstić information content (AvgIpc) is 2.82. The highest BCUT2D eigenvalue weighted by atomic mass is 127. The Hall–Kier alpha value is -1.40. The van der Waals surface area contributed by atoms with Crippen LogP contribution in [0.25, 0.3) is 0 Å². The Morgan fingerprint density at radius 2 is 1.67 bits per heavy atom. The van der Waals surface area contributed by atoms with E-state index in [-0.39, 0.29) is 12.5 Å². The first-order valence-electron chi connectivity index (χ1n) is 6.89. The molecule has 0 radical (unpaired) electrons. The first-order valence-corrected chi connectivity index (χ1v) is 7.97. The zero-order valence-corrected chi connectivity index (χ0v) is 13.6. The second-order valence-corrected chi connectivity index (χ2v) is 6.67. The van der Waals surface area contributed by atoms with Gasteiger partial charge in [0.25, 0.3) is 5.91 Å². The van der Waals surface area contributed by atoms with Crippen LogP contribution in [-0.2, 0) is 12.8 Å². The summed E-state index contributed by atoms with van der Waals surface area (Å²) in [6, 6.07) is 15.5. The molecule has 0 aliphatic heterocycles. The molecule has 3 nitrogen and oxygen atoms in total. The number of halogens is 1. The van der Waals surface area contributed by atoms with Gasteiger partial charge in [-0.15, -0.1) is 0 Å². The van der Waals surface area contributed by atoms with Crippen LogP contribution in [0.3, 0.4) is 0 Å². The van der Waals surface area contributed by atoms with Crippen molar-refractivity contribution in [3.05, 3.63) is 68.8 Å². The Labute approximate surface area is 137 Å². The summed E-state index contributed by atoms with van der Waals surface area (Å²) in [6.45, 7) is 0.269. The fourth-order valence-electron chi connectivity index (χ4n) is 2.78. The fourth-order valence-corrected chi connectivity index (χ4v) is 3.42. The molecule has 2 aromatic carbocycles. The van der Waals surface area contributed by atoms with E-state index in [9.17, 15) is 9.90 Å². The van der Waals surface area contributed by atoms with Gasteiger partial charge in [-0.1, -0.05) is 36.4 Å². The van der Waals surface area contributed by atoms with E-state index in [1.54, 1.807) is 6.07 Å². The number of aliphatic hydroxyl groups is 1. The molecule has 0 aromatic heterocycles. The van der Waals surface area contributed by atoms with Gasteiger partial charge in [0, 0.05) is 23.0 Å². The van der Waals surface area contributed by atoms with Crippen LogP contribution in [0, 0.1) is 3.57 Å². The standard InChI is InChI=1S/C17H16INO2/c18-15-8-4-3-7-14(15)16(20)19-11-17(21)9-12-5-1-2-6-13(12)10-17/h1-8,21H,9-11H2,(H,19,20). The van der Waals surface area contributed by atoms with Crippen molar-refractivity contribution in [2.75, 3.05) is 6.54 Å². The summed E-state index contributed by atoms with van der Waals surface area (Å²) in [5, 5.41) is 13.5. The maximum Gasteiger partial charge on any atom is 0.252 e. The molecule has 21 heavy (non-hydrogen) atoms. The minimum atomic E-state index is -0.875. The minimum Gasteiger partial charge on any atom is -0.387 e. The largest absolute Gasteiger partial charge is 0.387 e. The van der Waals surface area contributed by atoms with Gasteiger partial charge in [-0.25, -0.2) is 0 Å². The molecule has 0 heterocycles. The molecule has 1 aliphatic carbocycles. The van der Waals surface area contributed by atoms with Crippen molar-refractivity contribution in [3.63, 3.8) is 0 Å². The third kappa shape index (κ3) is 3.11. The summed E-state index contributed by atoms with van der Waals surface area (Å²) < 4.78 is 0.911. The minimum absolute atomic E-state index is 0.135. The van der Waals surface area contributed by atoms with Gasteiger partial charge in [0.15, 0.2) is 0 Å². The van der Waals surface area contributed by atoms with Crippen molar-refractivity contribution in [2.45, 2.75) is 18.4 Å². The number of fused-ring (bicyclic) bond motifs is 1. The first kappa shape index (κ1) is 14.5. The molecule has 4 heteroatoms. The van der Waals surface area contributed by atoms with Gasteiger partial charge in [-0.3, -0.25) is 4.79 Å².